The maximum Gasteiger partial charge on any atom is 1.00 e. The fourth-order valence-corrected chi connectivity index (χ4v) is 7.56. The van der Waals surface area contributed by atoms with Crippen molar-refractivity contribution < 1.29 is 66.2 Å². The number of aliphatic hydroxyl groups is 1. The van der Waals surface area contributed by atoms with E-state index in [9.17, 15) is 27.9 Å². The normalized spacial score (nSPS) is 41.8. The van der Waals surface area contributed by atoms with Gasteiger partial charge in [-0.3, -0.25) is 14.1 Å². The van der Waals surface area contributed by atoms with Crippen LogP contribution in [0.25, 0.3) is 0 Å². The first-order chi connectivity index (χ1) is 14.0. The standard InChI is InChI=1S/C21H28O8S.Na/c1-20-7-6-13(23)8-12(20)2-3-14-15-4-5-16(18(25)10-29-30(26,27)28)21(15,11-22)9-17(24)19(14)20;/h8,11,14-17,19,24H,2-7,9-10H2,1H3,(H,26,27,28);/q;+1/t14-,15-,16+,17-,19+,20-,21+;/m0./s1. The molecule has 0 radical (unpaired) electrons. The Morgan fingerprint density at radius 3 is 2.65 bits per heavy atom. The molecule has 3 saturated carbocycles. The summed E-state index contributed by atoms with van der Waals surface area (Å²) in [7, 11) is -4.75. The van der Waals surface area contributed by atoms with Gasteiger partial charge >= 0.3 is 40.0 Å². The first kappa shape index (κ1) is 25.2. The van der Waals surface area contributed by atoms with E-state index in [2.05, 4.69) is 11.1 Å². The number of allylic oxidation sites excluding steroid dienone is 1. The van der Waals surface area contributed by atoms with Crippen molar-refractivity contribution in [3.63, 3.8) is 0 Å². The largest absolute Gasteiger partial charge is 1.00 e. The van der Waals surface area contributed by atoms with E-state index in [0.717, 1.165) is 24.7 Å². The van der Waals surface area contributed by atoms with Crippen LogP contribution in [0.15, 0.2) is 11.6 Å². The summed E-state index contributed by atoms with van der Waals surface area (Å²) in [6.45, 7) is 1.29. The summed E-state index contributed by atoms with van der Waals surface area (Å²) >= 11 is 0. The Balaban J connectivity index is 0.00000272. The maximum atomic E-state index is 12.7. The maximum absolute atomic E-state index is 12.7. The molecular weight excluding hydrogens is 435 g/mol. The van der Waals surface area contributed by atoms with Gasteiger partial charge in [-0.25, -0.2) is 4.18 Å². The Hall–Kier alpha value is -0.420. The molecule has 4 aliphatic rings. The van der Waals surface area contributed by atoms with Crippen LogP contribution in [0.1, 0.15) is 51.9 Å². The minimum atomic E-state index is -4.75. The van der Waals surface area contributed by atoms with Gasteiger partial charge in [0.2, 0.25) is 0 Å². The molecule has 0 aromatic carbocycles. The number of aliphatic hydroxyl groups excluding tert-OH is 1. The number of ketones is 2. The molecule has 0 unspecified atom stereocenters. The molecule has 0 saturated heterocycles. The molecule has 8 nitrogen and oxygen atoms in total. The molecule has 4 aliphatic carbocycles. The van der Waals surface area contributed by atoms with Gasteiger partial charge in [-0.15, -0.1) is 0 Å². The minimum absolute atomic E-state index is 0. The van der Waals surface area contributed by atoms with Crippen molar-refractivity contribution in [2.45, 2.75) is 58.0 Å². The van der Waals surface area contributed by atoms with Crippen LogP contribution in [0.4, 0.5) is 0 Å². The molecule has 0 aliphatic heterocycles. The van der Waals surface area contributed by atoms with Gasteiger partial charge in [-0.2, -0.15) is 8.42 Å². The third-order valence-corrected chi connectivity index (χ3v) is 8.88. The van der Waals surface area contributed by atoms with E-state index >= 15 is 0 Å². The number of hydrogen-bond donors (Lipinski definition) is 2. The molecule has 0 aromatic rings. The molecule has 0 heterocycles. The van der Waals surface area contributed by atoms with Crippen LogP contribution < -0.4 is 29.6 Å². The number of hydrogen-bond acceptors (Lipinski definition) is 7. The van der Waals surface area contributed by atoms with Gasteiger partial charge in [0.05, 0.1) is 6.10 Å². The number of carbonyl (C=O) groups is 3. The third-order valence-electron chi connectivity index (χ3n) is 8.46. The van der Waals surface area contributed by atoms with Gasteiger partial charge in [0.15, 0.2) is 11.6 Å². The average molecular weight is 464 g/mol. The number of fused-ring (bicyclic) bond motifs is 5. The van der Waals surface area contributed by atoms with Gasteiger partial charge in [0, 0.05) is 17.8 Å². The van der Waals surface area contributed by atoms with E-state index in [1.165, 1.54) is 0 Å². The molecule has 0 amide bonds. The van der Waals surface area contributed by atoms with Crippen LogP contribution in [-0.2, 0) is 29.0 Å². The second-order valence-electron chi connectivity index (χ2n) is 9.68. The van der Waals surface area contributed by atoms with Crippen molar-refractivity contribution in [1.29, 1.82) is 0 Å². The van der Waals surface area contributed by atoms with Crippen LogP contribution >= 0.6 is 0 Å². The van der Waals surface area contributed by atoms with E-state index in [1.54, 1.807) is 6.08 Å². The van der Waals surface area contributed by atoms with Gasteiger partial charge in [-0.05, 0) is 67.8 Å². The molecule has 166 valence electrons. The first-order valence-electron chi connectivity index (χ1n) is 10.5. The molecule has 2 N–H and O–H groups in total. The van der Waals surface area contributed by atoms with Crippen molar-refractivity contribution in [3.05, 3.63) is 11.6 Å². The molecule has 4 rings (SSSR count). The van der Waals surface area contributed by atoms with Crippen molar-refractivity contribution in [2.24, 2.45) is 34.5 Å². The summed E-state index contributed by atoms with van der Waals surface area (Å²) < 4.78 is 34.8. The first-order valence-corrected chi connectivity index (χ1v) is 11.9. The van der Waals surface area contributed by atoms with Crippen molar-refractivity contribution in [1.82, 2.24) is 0 Å². The van der Waals surface area contributed by atoms with Crippen LogP contribution in [0.5, 0.6) is 0 Å². The average Bonchev–Trinajstić information content (AvgIpc) is 3.05. The van der Waals surface area contributed by atoms with E-state index in [4.69, 9.17) is 4.55 Å². The Kier molecular flexibility index (Phi) is 7.11. The smallest absolute Gasteiger partial charge is 0.393 e. The molecule has 7 atom stereocenters. The zero-order valence-corrected chi connectivity index (χ0v) is 20.8. The van der Waals surface area contributed by atoms with E-state index in [-0.39, 0.29) is 64.9 Å². The number of rotatable bonds is 5. The monoisotopic (exact) mass is 463 g/mol. The van der Waals surface area contributed by atoms with Crippen LogP contribution in [0.2, 0.25) is 0 Å². The van der Waals surface area contributed by atoms with Crippen LogP contribution in [0.3, 0.4) is 0 Å². The molecular formula is C21H28NaO8S+. The number of Topliss-reactive ketones (excluding diaryl/α,β-unsaturated/α-hetero) is 1. The Bertz CT molecular complexity index is 914. The van der Waals surface area contributed by atoms with Crippen molar-refractivity contribution >= 4 is 28.3 Å². The second-order valence-corrected chi connectivity index (χ2v) is 10.8. The molecule has 0 bridgehead atoms. The van der Waals surface area contributed by atoms with Crippen LogP contribution in [-0.4, -0.2) is 48.6 Å². The predicted molar refractivity (Wildman–Crippen MR) is 104 cm³/mol. The molecule has 3 fully saturated rings. The van der Waals surface area contributed by atoms with Crippen molar-refractivity contribution in [2.75, 3.05) is 6.61 Å². The molecule has 0 spiro atoms. The fraction of sp³-hybridized carbons (Fsp3) is 0.762. The van der Waals surface area contributed by atoms with Crippen LogP contribution in [0, 0.1) is 34.5 Å². The topological polar surface area (TPSA) is 135 Å². The third kappa shape index (κ3) is 4.16. The fourth-order valence-electron chi connectivity index (χ4n) is 7.30. The summed E-state index contributed by atoms with van der Waals surface area (Å²) in [5.74, 6) is -1.27. The number of aldehydes is 1. The zero-order chi connectivity index (χ0) is 21.9. The minimum Gasteiger partial charge on any atom is -0.393 e. The Morgan fingerprint density at radius 2 is 2.00 bits per heavy atom. The predicted octanol–water partition coefficient (Wildman–Crippen LogP) is -1.32. The molecule has 0 aromatic heterocycles. The Labute approximate surface area is 204 Å². The number of carbonyl (C=O) groups excluding carboxylic acids is 3. The summed E-state index contributed by atoms with van der Waals surface area (Å²) in [5.41, 5.74) is -0.256. The summed E-state index contributed by atoms with van der Waals surface area (Å²) in [6, 6.07) is 0. The Morgan fingerprint density at radius 1 is 1.29 bits per heavy atom. The second kappa shape index (κ2) is 8.74. The van der Waals surface area contributed by atoms with Gasteiger partial charge < -0.3 is 9.90 Å². The summed E-state index contributed by atoms with van der Waals surface area (Å²) in [6.07, 6.45) is 5.56. The quantitative estimate of drug-likeness (QED) is 0.291. The van der Waals surface area contributed by atoms with Crippen molar-refractivity contribution in [3.8, 4) is 0 Å². The summed E-state index contributed by atoms with van der Waals surface area (Å²) in [5, 5.41) is 11.2. The zero-order valence-electron chi connectivity index (χ0n) is 18.0. The summed E-state index contributed by atoms with van der Waals surface area (Å²) in [4.78, 5) is 37.0. The van der Waals surface area contributed by atoms with E-state index < -0.39 is 40.2 Å². The van der Waals surface area contributed by atoms with E-state index in [0.29, 0.717) is 25.7 Å². The molecule has 31 heavy (non-hydrogen) atoms. The SMILES string of the molecule is C[C@]12CCC(=O)C=C1CC[C@@H]1[C@@H]2[C@@H](O)C[C@]2(C=O)[C@@H](C(=O)COS(=O)(=O)O)CC[C@@H]12.[Na+]. The van der Waals surface area contributed by atoms with Gasteiger partial charge in [-0.1, -0.05) is 12.5 Å². The van der Waals surface area contributed by atoms with Gasteiger partial charge in [0.25, 0.3) is 0 Å². The van der Waals surface area contributed by atoms with Gasteiger partial charge in [0.1, 0.15) is 12.9 Å². The van der Waals surface area contributed by atoms with E-state index in [1.807, 2.05) is 0 Å². The molecule has 10 heteroatoms.